The second kappa shape index (κ2) is 13.6. The smallest absolute Gasteiger partial charge is 0.257 e. The molecule has 2 aliphatic carbocycles. The minimum absolute atomic E-state index is 0.00820. The highest BCUT2D eigenvalue weighted by atomic mass is 16.4. The number of anilines is 6. The topological polar surface area (TPSA) is 45.7 Å². The van der Waals surface area contributed by atoms with E-state index in [1.165, 1.54) is 55.6 Å². The highest BCUT2D eigenvalue weighted by molar-refractivity contribution is 7.01. The van der Waals surface area contributed by atoms with Crippen LogP contribution in [-0.4, -0.2) is 11.7 Å². The van der Waals surface area contributed by atoms with E-state index in [9.17, 15) is 0 Å². The first-order chi connectivity index (χ1) is 31.7. The molecule has 6 heteroatoms. The molecule has 5 aromatic carbocycles. The van der Waals surface area contributed by atoms with Gasteiger partial charge in [-0.25, -0.2) is 0 Å². The molecule has 5 nitrogen and oxygen atoms in total. The number of rotatable bonds is 2. The zero-order valence-corrected chi connectivity index (χ0v) is 41.4. The molecule has 0 saturated carbocycles. The van der Waals surface area contributed by atoms with E-state index in [1.54, 1.807) is 0 Å². The highest BCUT2D eigenvalue weighted by Crippen LogP contribution is 2.65. The fourth-order valence-electron chi connectivity index (χ4n) is 11.7. The molecule has 0 amide bonds. The lowest BCUT2D eigenvalue weighted by atomic mass is 9.33. The summed E-state index contributed by atoms with van der Waals surface area (Å²) in [7, 11) is 0. The van der Waals surface area contributed by atoms with Crippen LogP contribution in [0.4, 0.5) is 34.3 Å². The van der Waals surface area contributed by atoms with Crippen LogP contribution in [-0.2, 0) is 27.1 Å². The van der Waals surface area contributed by atoms with Crippen LogP contribution >= 0.6 is 0 Å². The summed E-state index contributed by atoms with van der Waals surface area (Å²) in [6.45, 7) is 29.6. The first kappa shape index (κ1) is 41.9. The van der Waals surface area contributed by atoms with Crippen molar-refractivity contribution in [2.75, 3.05) is 9.80 Å². The number of aromatic nitrogens is 1. The molecule has 8 aromatic rings. The Morgan fingerprint density at radius 1 is 0.493 bits per heavy atom. The van der Waals surface area contributed by atoms with E-state index in [1.807, 2.05) is 12.4 Å². The second-order valence-electron chi connectivity index (χ2n) is 23.7. The van der Waals surface area contributed by atoms with Crippen molar-refractivity contribution in [1.82, 2.24) is 4.98 Å². The molecular formula is C61H60BN3O2. The van der Waals surface area contributed by atoms with Gasteiger partial charge in [-0.1, -0.05) is 144 Å². The van der Waals surface area contributed by atoms with E-state index >= 15 is 0 Å². The molecule has 0 fully saturated rings. The lowest BCUT2D eigenvalue weighted by molar-refractivity contribution is 0.406. The van der Waals surface area contributed by atoms with Crippen molar-refractivity contribution in [3.8, 4) is 22.3 Å². The van der Waals surface area contributed by atoms with E-state index < -0.39 is 5.41 Å². The Hall–Kier alpha value is -6.53. The summed E-state index contributed by atoms with van der Waals surface area (Å²) in [6.07, 6.45) is 3.96. The van der Waals surface area contributed by atoms with Crippen LogP contribution in [0.15, 0.2) is 136 Å². The fourth-order valence-corrected chi connectivity index (χ4v) is 11.7. The Balaban J connectivity index is 1.24. The fraction of sp³-hybridized carbons (Fsp3) is 0.295. The van der Waals surface area contributed by atoms with E-state index in [2.05, 4.69) is 215 Å². The van der Waals surface area contributed by atoms with Crippen LogP contribution in [0.2, 0.25) is 0 Å². The summed E-state index contributed by atoms with van der Waals surface area (Å²) in [6, 6.07) is 44.0. The van der Waals surface area contributed by atoms with Gasteiger partial charge in [-0.15, -0.1) is 0 Å². The molecule has 334 valence electrons. The summed E-state index contributed by atoms with van der Waals surface area (Å²) in [4.78, 5) is 9.83. The molecule has 67 heavy (non-hydrogen) atoms. The number of hydrogen-bond acceptors (Lipinski definition) is 5. The average Bonchev–Trinajstić information content (AvgIpc) is 4.00. The molecule has 1 unspecified atom stereocenters. The molecule has 4 aliphatic rings. The number of aryl methyl sites for hydroxylation is 1. The van der Waals surface area contributed by atoms with Gasteiger partial charge in [0.15, 0.2) is 0 Å². The SMILES string of the molecule is Cc1cc2c(o1)C1(c3ccccc3-c3ccncc31)c1oc3c(c1-2)B1c2ccc(C(C)(C)C)cc2N(c2ccc(C(C)(C)C)cc2)c2cc(C(C)(C)C)cc(c21)N3c1ccc(C(C)(C)C)cc1. The largest absolute Gasteiger partial charge is 0.464 e. The first-order valence-corrected chi connectivity index (χ1v) is 24.1. The third-order valence-corrected chi connectivity index (χ3v) is 15.3. The number of nitrogens with zero attached hydrogens (tertiary/aromatic N) is 3. The Bertz CT molecular complexity index is 3310. The Labute approximate surface area is 397 Å². The maximum atomic E-state index is 7.90. The Morgan fingerprint density at radius 3 is 1.67 bits per heavy atom. The van der Waals surface area contributed by atoms with E-state index in [4.69, 9.17) is 13.8 Å². The van der Waals surface area contributed by atoms with Crippen molar-refractivity contribution < 1.29 is 8.83 Å². The molecular weight excluding hydrogens is 818 g/mol. The number of benzene rings is 5. The second-order valence-corrected chi connectivity index (χ2v) is 23.7. The van der Waals surface area contributed by atoms with Gasteiger partial charge in [0.2, 0.25) is 5.88 Å². The van der Waals surface area contributed by atoms with Gasteiger partial charge in [0.25, 0.3) is 6.71 Å². The molecule has 3 aromatic heterocycles. The van der Waals surface area contributed by atoms with Crippen molar-refractivity contribution in [1.29, 1.82) is 0 Å². The standard InChI is InChI=1S/C61H60BN3O2/c1-35-30-44-51-53-56(67-55(51)61(54(44)66-35)45-17-15-14-16-42(45)43-28-29-63-34-46(43)61)65(41-25-20-37(21-26-41)58(5,6)7)50-33-39(60(11,12)13)32-49-52(50)62(53)47-27-22-38(59(8,9)10)31-48(47)64(49)40-23-18-36(19-24-40)57(2,3)4/h14-34H,1-13H3. The van der Waals surface area contributed by atoms with Gasteiger partial charge in [-0.2, -0.15) is 0 Å². The molecule has 0 saturated heterocycles. The lowest BCUT2D eigenvalue weighted by Gasteiger charge is -2.44. The maximum absolute atomic E-state index is 7.90. The molecule has 0 N–H and O–H groups in total. The normalized spacial score (nSPS) is 16.7. The number of fused-ring (bicyclic) bond motifs is 15. The maximum Gasteiger partial charge on any atom is 0.257 e. The predicted molar refractivity (Wildman–Crippen MR) is 279 cm³/mol. The molecule has 0 radical (unpaired) electrons. The highest BCUT2D eigenvalue weighted by Gasteiger charge is 2.61. The quantitative estimate of drug-likeness (QED) is 0.162. The molecule has 1 atom stereocenters. The van der Waals surface area contributed by atoms with Crippen molar-refractivity contribution in [2.24, 2.45) is 0 Å². The van der Waals surface area contributed by atoms with E-state index in [-0.39, 0.29) is 28.4 Å². The zero-order valence-electron chi connectivity index (χ0n) is 41.4. The summed E-state index contributed by atoms with van der Waals surface area (Å²) in [5, 5.41) is 0. The van der Waals surface area contributed by atoms with Crippen LogP contribution in [0, 0.1) is 6.92 Å². The molecule has 2 aliphatic heterocycles. The van der Waals surface area contributed by atoms with Gasteiger partial charge in [0, 0.05) is 63.0 Å². The lowest BCUT2D eigenvalue weighted by Crippen LogP contribution is -2.61. The van der Waals surface area contributed by atoms with Crippen molar-refractivity contribution >= 4 is 57.4 Å². The van der Waals surface area contributed by atoms with Gasteiger partial charge in [0.1, 0.15) is 22.7 Å². The monoisotopic (exact) mass is 877 g/mol. The first-order valence-electron chi connectivity index (χ1n) is 24.1. The van der Waals surface area contributed by atoms with Crippen molar-refractivity contribution in [2.45, 2.75) is 117 Å². The number of hydrogen-bond donors (Lipinski definition) is 0. The van der Waals surface area contributed by atoms with Gasteiger partial charge >= 0.3 is 0 Å². The number of pyridine rings is 1. The zero-order chi connectivity index (χ0) is 46.9. The molecule has 1 spiro atoms. The average molecular weight is 878 g/mol. The molecule has 5 heterocycles. The summed E-state index contributed by atoms with van der Waals surface area (Å²) in [5.74, 6) is 3.55. The molecule has 12 rings (SSSR count). The predicted octanol–water partition coefficient (Wildman–Crippen LogP) is 14.2. The van der Waals surface area contributed by atoms with Crippen molar-refractivity contribution in [3.05, 3.63) is 178 Å². The van der Waals surface area contributed by atoms with Crippen LogP contribution in [0.25, 0.3) is 22.3 Å². The Kier molecular flexibility index (Phi) is 8.47. The molecule has 0 bridgehead atoms. The van der Waals surface area contributed by atoms with Crippen LogP contribution < -0.4 is 26.2 Å². The number of furan rings is 2. The minimum Gasteiger partial charge on any atom is -0.464 e. The minimum atomic E-state index is -0.835. The van der Waals surface area contributed by atoms with Crippen LogP contribution in [0.3, 0.4) is 0 Å². The van der Waals surface area contributed by atoms with Gasteiger partial charge in [-0.3, -0.25) is 9.88 Å². The summed E-state index contributed by atoms with van der Waals surface area (Å²) in [5.41, 5.74) is 20.4. The van der Waals surface area contributed by atoms with Crippen LogP contribution in [0.5, 0.6) is 0 Å². The van der Waals surface area contributed by atoms with Crippen molar-refractivity contribution in [3.63, 3.8) is 0 Å². The van der Waals surface area contributed by atoms with Gasteiger partial charge in [0.05, 0.1) is 0 Å². The van der Waals surface area contributed by atoms with Gasteiger partial charge < -0.3 is 13.7 Å². The Morgan fingerprint density at radius 2 is 1.04 bits per heavy atom. The third kappa shape index (κ3) is 5.77. The third-order valence-electron chi connectivity index (χ3n) is 15.3. The van der Waals surface area contributed by atoms with E-state index in [0.29, 0.717) is 0 Å². The van der Waals surface area contributed by atoms with E-state index in [0.717, 1.165) is 68.0 Å². The van der Waals surface area contributed by atoms with Gasteiger partial charge in [-0.05, 0) is 133 Å². The summed E-state index contributed by atoms with van der Waals surface area (Å²) >= 11 is 0. The summed E-state index contributed by atoms with van der Waals surface area (Å²) < 4.78 is 14.9. The van der Waals surface area contributed by atoms with Crippen LogP contribution in [0.1, 0.15) is 134 Å².